The van der Waals surface area contributed by atoms with Gasteiger partial charge in [-0.1, -0.05) is 34.6 Å². The zero-order valence-corrected chi connectivity index (χ0v) is 12.2. The molecule has 2 N–H and O–H groups in total. The molecule has 1 atom stereocenters. The van der Waals surface area contributed by atoms with Gasteiger partial charge in [-0.2, -0.15) is 0 Å². The van der Waals surface area contributed by atoms with Gasteiger partial charge in [0.25, 0.3) is 0 Å². The van der Waals surface area contributed by atoms with Gasteiger partial charge in [0, 0.05) is 6.54 Å². The van der Waals surface area contributed by atoms with E-state index in [1.54, 1.807) is 0 Å². The van der Waals surface area contributed by atoms with Crippen LogP contribution >= 0.6 is 0 Å². The normalized spacial score (nSPS) is 23.2. The van der Waals surface area contributed by atoms with E-state index in [0.29, 0.717) is 16.7 Å². The van der Waals surface area contributed by atoms with Crippen LogP contribution in [0.3, 0.4) is 0 Å². The van der Waals surface area contributed by atoms with E-state index in [0.717, 1.165) is 19.5 Å². The largest absolute Gasteiger partial charge is 0.355 e. The maximum atomic E-state index is 11.7. The van der Waals surface area contributed by atoms with Crippen molar-refractivity contribution >= 4 is 5.91 Å². The van der Waals surface area contributed by atoms with E-state index in [1.165, 1.54) is 0 Å². The molecule has 3 heteroatoms. The van der Waals surface area contributed by atoms with E-state index in [4.69, 9.17) is 0 Å². The Morgan fingerprint density at radius 3 is 2.18 bits per heavy atom. The molecule has 1 fully saturated rings. The van der Waals surface area contributed by atoms with Crippen LogP contribution in [0.4, 0.5) is 0 Å². The molecule has 3 nitrogen and oxygen atoms in total. The van der Waals surface area contributed by atoms with E-state index in [2.05, 4.69) is 45.3 Å². The lowest BCUT2D eigenvalue weighted by Crippen LogP contribution is -2.43. The van der Waals surface area contributed by atoms with Gasteiger partial charge in [-0.15, -0.1) is 0 Å². The quantitative estimate of drug-likeness (QED) is 0.747. The van der Waals surface area contributed by atoms with Crippen molar-refractivity contribution in [3.8, 4) is 0 Å². The molecule has 0 spiro atoms. The molecule has 0 aliphatic heterocycles. The van der Waals surface area contributed by atoms with Gasteiger partial charge in [-0.05, 0) is 36.6 Å². The van der Waals surface area contributed by atoms with Crippen molar-refractivity contribution < 1.29 is 4.79 Å². The highest BCUT2D eigenvalue weighted by molar-refractivity contribution is 5.81. The van der Waals surface area contributed by atoms with Crippen molar-refractivity contribution in [3.63, 3.8) is 0 Å². The Morgan fingerprint density at radius 2 is 1.76 bits per heavy atom. The van der Waals surface area contributed by atoms with Gasteiger partial charge in [0.1, 0.15) is 0 Å². The van der Waals surface area contributed by atoms with E-state index >= 15 is 0 Å². The molecule has 1 saturated carbocycles. The summed E-state index contributed by atoms with van der Waals surface area (Å²) in [5, 5.41) is 6.27. The predicted octanol–water partition coefficient (Wildman–Crippen LogP) is 2.17. The van der Waals surface area contributed by atoms with E-state index in [-0.39, 0.29) is 11.9 Å². The van der Waals surface area contributed by atoms with Crippen LogP contribution in [0.15, 0.2) is 0 Å². The fourth-order valence-corrected chi connectivity index (χ4v) is 2.63. The molecule has 0 heterocycles. The van der Waals surface area contributed by atoms with Crippen LogP contribution < -0.4 is 10.6 Å². The Morgan fingerprint density at radius 1 is 1.24 bits per heavy atom. The first-order chi connectivity index (χ1) is 7.75. The summed E-state index contributed by atoms with van der Waals surface area (Å²) in [5.74, 6) is 0.777. The highest BCUT2D eigenvalue weighted by atomic mass is 16.2. The standard InChI is InChI=1S/C14H28N2O/c1-7-8-15-12(17)10(2)16-9-11-13(3,4)14(11,5)6/h10-11,16H,7-9H2,1-6H3,(H,15,17). The van der Waals surface area contributed by atoms with Crippen molar-refractivity contribution in [1.82, 2.24) is 10.6 Å². The lowest BCUT2D eigenvalue weighted by atomic mass is 10.0. The van der Waals surface area contributed by atoms with Crippen LogP contribution in [-0.2, 0) is 4.79 Å². The predicted molar refractivity (Wildman–Crippen MR) is 71.8 cm³/mol. The molecule has 17 heavy (non-hydrogen) atoms. The van der Waals surface area contributed by atoms with Gasteiger partial charge >= 0.3 is 0 Å². The third kappa shape index (κ3) is 2.82. The SMILES string of the molecule is CCCNC(=O)C(C)NCC1C(C)(C)C1(C)C. The number of hydrogen-bond donors (Lipinski definition) is 2. The summed E-state index contributed by atoms with van der Waals surface area (Å²) in [6.45, 7) is 14.9. The lowest BCUT2D eigenvalue weighted by molar-refractivity contribution is -0.122. The Hall–Kier alpha value is -0.570. The van der Waals surface area contributed by atoms with Gasteiger partial charge in [-0.25, -0.2) is 0 Å². The number of carbonyl (C=O) groups excluding carboxylic acids is 1. The number of hydrogen-bond acceptors (Lipinski definition) is 2. The topological polar surface area (TPSA) is 41.1 Å². The Balaban J connectivity index is 2.30. The minimum Gasteiger partial charge on any atom is -0.355 e. The number of carbonyl (C=O) groups is 1. The number of nitrogens with one attached hydrogen (secondary N) is 2. The molecule has 0 aromatic carbocycles. The Kier molecular flexibility index (Phi) is 4.23. The molecule has 1 unspecified atom stereocenters. The lowest BCUT2D eigenvalue weighted by Gasteiger charge is -2.14. The van der Waals surface area contributed by atoms with E-state index in [1.807, 2.05) is 6.92 Å². The summed E-state index contributed by atoms with van der Waals surface area (Å²) in [5.41, 5.74) is 0.777. The zero-order valence-electron chi connectivity index (χ0n) is 12.2. The molecule has 0 aromatic heterocycles. The summed E-state index contributed by atoms with van der Waals surface area (Å²) in [4.78, 5) is 11.7. The summed E-state index contributed by atoms with van der Waals surface area (Å²) >= 11 is 0. The van der Waals surface area contributed by atoms with Crippen LogP contribution in [0.1, 0.15) is 48.0 Å². The first-order valence-corrected chi connectivity index (χ1v) is 6.76. The van der Waals surface area contributed by atoms with Gasteiger partial charge in [-0.3, -0.25) is 4.79 Å². The molecule has 1 amide bonds. The van der Waals surface area contributed by atoms with Crippen LogP contribution in [0.25, 0.3) is 0 Å². The molecular weight excluding hydrogens is 212 g/mol. The van der Waals surface area contributed by atoms with Crippen molar-refractivity contribution in [2.24, 2.45) is 16.7 Å². The van der Waals surface area contributed by atoms with Crippen LogP contribution in [0, 0.1) is 16.7 Å². The average Bonchev–Trinajstić information content (AvgIpc) is 2.63. The van der Waals surface area contributed by atoms with Gasteiger partial charge < -0.3 is 10.6 Å². The first-order valence-electron chi connectivity index (χ1n) is 6.76. The fourth-order valence-electron chi connectivity index (χ4n) is 2.63. The smallest absolute Gasteiger partial charge is 0.236 e. The van der Waals surface area contributed by atoms with Crippen molar-refractivity contribution in [2.45, 2.75) is 54.0 Å². The second kappa shape index (κ2) is 4.97. The molecule has 0 radical (unpaired) electrons. The van der Waals surface area contributed by atoms with E-state index in [9.17, 15) is 4.79 Å². The molecule has 1 aliphatic rings. The van der Waals surface area contributed by atoms with Gasteiger partial charge in [0.15, 0.2) is 0 Å². The highest BCUT2D eigenvalue weighted by Gasteiger charge is 2.63. The van der Waals surface area contributed by atoms with Crippen molar-refractivity contribution in [2.75, 3.05) is 13.1 Å². The molecule has 100 valence electrons. The third-order valence-electron chi connectivity index (χ3n) is 4.89. The van der Waals surface area contributed by atoms with Gasteiger partial charge in [0.2, 0.25) is 5.91 Å². The molecule has 0 saturated heterocycles. The minimum atomic E-state index is -0.0891. The summed E-state index contributed by atoms with van der Waals surface area (Å²) < 4.78 is 0. The maximum Gasteiger partial charge on any atom is 0.236 e. The van der Waals surface area contributed by atoms with Crippen molar-refractivity contribution in [1.29, 1.82) is 0 Å². The first kappa shape index (κ1) is 14.5. The number of rotatable bonds is 6. The molecule has 1 aliphatic carbocycles. The summed E-state index contributed by atoms with van der Waals surface area (Å²) in [6.07, 6.45) is 0.987. The average molecular weight is 240 g/mol. The van der Waals surface area contributed by atoms with Crippen LogP contribution in [0.2, 0.25) is 0 Å². The highest BCUT2D eigenvalue weighted by Crippen LogP contribution is 2.67. The second-order valence-electron chi connectivity index (χ2n) is 6.42. The molecule has 0 bridgehead atoms. The van der Waals surface area contributed by atoms with Gasteiger partial charge in [0.05, 0.1) is 6.04 Å². The van der Waals surface area contributed by atoms with Crippen LogP contribution in [-0.4, -0.2) is 25.0 Å². The third-order valence-corrected chi connectivity index (χ3v) is 4.89. The Bertz CT molecular complexity index is 270. The minimum absolute atomic E-state index is 0.0891. The molecule has 1 rings (SSSR count). The number of amides is 1. The Labute approximate surface area is 106 Å². The zero-order chi connectivity index (χ0) is 13.3. The monoisotopic (exact) mass is 240 g/mol. The maximum absolute atomic E-state index is 11.7. The summed E-state index contributed by atoms with van der Waals surface area (Å²) in [6, 6.07) is -0.0891. The van der Waals surface area contributed by atoms with Crippen LogP contribution in [0.5, 0.6) is 0 Å². The fraction of sp³-hybridized carbons (Fsp3) is 0.929. The molecule has 0 aromatic rings. The van der Waals surface area contributed by atoms with E-state index < -0.39 is 0 Å². The molecular formula is C14H28N2O. The van der Waals surface area contributed by atoms with Crippen molar-refractivity contribution in [3.05, 3.63) is 0 Å². The summed E-state index contributed by atoms with van der Waals surface area (Å²) in [7, 11) is 0. The second-order valence-corrected chi connectivity index (χ2v) is 6.42.